The van der Waals surface area contributed by atoms with Crippen LogP contribution in [-0.2, 0) is 11.2 Å². The Morgan fingerprint density at radius 1 is 1.00 bits per heavy atom. The summed E-state index contributed by atoms with van der Waals surface area (Å²) in [5.74, 6) is 0.724. The molecule has 1 aliphatic heterocycles. The van der Waals surface area contributed by atoms with Crippen LogP contribution < -0.4 is 0 Å². The lowest BCUT2D eigenvalue weighted by atomic mass is 10.1. The minimum absolute atomic E-state index is 0.0176. The third-order valence-electron chi connectivity index (χ3n) is 5.48. The summed E-state index contributed by atoms with van der Waals surface area (Å²) in [4.78, 5) is 16.6. The van der Waals surface area contributed by atoms with E-state index in [0.717, 1.165) is 30.9 Å². The number of hydrogen-bond acceptors (Lipinski definition) is 2. The second-order valence-corrected chi connectivity index (χ2v) is 7.55. The van der Waals surface area contributed by atoms with E-state index in [9.17, 15) is 9.18 Å². The van der Waals surface area contributed by atoms with Crippen molar-refractivity contribution in [3.8, 4) is 0 Å². The lowest BCUT2D eigenvalue weighted by Crippen LogP contribution is -2.32. The van der Waals surface area contributed by atoms with Gasteiger partial charge in [0.2, 0.25) is 5.91 Å². The summed E-state index contributed by atoms with van der Waals surface area (Å²) in [6, 6.07) is 15.4. The Balaban J connectivity index is 1.42. The minimum Gasteiger partial charge on any atom is -0.322 e. The summed E-state index contributed by atoms with van der Waals surface area (Å²) < 4.78 is 13.0. The predicted octanol–water partition coefficient (Wildman–Crippen LogP) is 4.11. The van der Waals surface area contributed by atoms with Gasteiger partial charge in [0.25, 0.3) is 0 Å². The van der Waals surface area contributed by atoms with Crippen molar-refractivity contribution in [1.82, 2.24) is 9.80 Å². The number of aryl methyl sites for hydroxylation is 1. The molecular weight excluding hydrogens is 327 g/mol. The summed E-state index contributed by atoms with van der Waals surface area (Å²) in [5.41, 5.74) is 3.71. The Morgan fingerprint density at radius 2 is 1.65 bits per heavy atom. The summed E-state index contributed by atoms with van der Waals surface area (Å²) in [7, 11) is 2.01. The number of carbonyl (C=O) groups is 1. The molecule has 2 aromatic rings. The molecule has 4 rings (SSSR count). The van der Waals surface area contributed by atoms with Gasteiger partial charge < -0.3 is 4.90 Å². The van der Waals surface area contributed by atoms with Gasteiger partial charge in [-0.15, -0.1) is 0 Å². The molecule has 0 aromatic heterocycles. The first-order valence-corrected chi connectivity index (χ1v) is 9.46. The number of nitrogens with zero attached hydrogens (tertiary/aromatic N) is 2. The molecule has 136 valence electrons. The van der Waals surface area contributed by atoms with Crippen LogP contribution in [0.25, 0.3) is 0 Å². The zero-order valence-electron chi connectivity index (χ0n) is 15.2. The van der Waals surface area contributed by atoms with Crippen molar-refractivity contribution in [2.75, 3.05) is 20.1 Å². The van der Waals surface area contributed by atoms with E-state index < -0.39 is 0 Å². The Labute approximate surface area is 154 Å². The molecule has 1 amide bonds. The molecule has 0 radical (unpaired) electrons. The zero-order valence-corrected chi connectivity index (χ0v) is 15.2. The highest BCUT2D eigenvalue weighted by molar-refractivity contribution is 5.80. The molecule has 0 N–H and O–H groups in total. The van der Waals surface area contributed by atoms with Crippen LogP contribution in [0.3, 0.4) is 0 Å². The van der Waals surface area contributed by atoms with Crippen LogP contribution in [0.15, 0.2) is 48.5 Å². The van der Waals surface area contributed by atoms with Gasteiger partial charge in [0.1, 0.15) is 12.0 Å². The highest BCUT2D eigenvalue weighted by Crippen LogP contribution is 2.40. The van der Waals surface area contributed by atoms with E-state index in [1.54, 1.807) is 0 Å². The molecule has 1 saturated heterocycles. The smallest absolute Gasteiger partial charge is 0.238 e. The van der Waals surface area contributed by atoms with Crippen molar-refractivity contribution in [1.29, 1.82) is 0 Å². The monoisotopic (exact) mass is 352 g/mol. The molecule has 1 aliphatic carbocycles. The van der Waals surface area contributed by atoms with Crippen molar-refractivity contribution < 1.29 is 9.18 Å². The molecule has 1 heterocycles. The van der Waals surface area contributed by atoms with Gasteiger partial charge in [-0.3, -0.25) is 9.69 Å². The van der Waals surface area contributed by atoms with Gasteiger partial charge in [-0.1, -0.05) is 36.4 Å². The standard InChI is InChI=1S/C22H25FN2O/c1-24-15-21(26)25(14-2-3-16-4-12-20(23)13-5-16)22(24)19-10-8-18(9-11-19)17-6-7-17/h4-5,8-13,17,22H,2-3,6-7,14-15H2,1H3. The van der Waals surface area contributed by atoms with Crippen LogP contribution in [0.5, 0.6) is 0 Å². The molecule has 26 heavy (non-hydrogen) atoms. The van der Waals surface area contributed by atoms with Crippen molar-refractivity contribution in [2.45, 2.75) is 37.8 Å². The molecule has 4 heteroatoms. The molecule has 2 aliphatic rings. The average Bonchev–Trinajstić information content (AvgIpc) is 3.44. The fourth-order valence-corrected chi connectivity index (χ4v) is 3.91. The first kappa shape index (κ1) is 17.2. The number of hydrogen-bond donors (Lipinski definition) is 0. The highest BCUT2D eigenvalue weighted by atomic mass is 19.1. The van der Waals surface area contributed by atoms with Gasteiger partial charge in [-0.05, 0) is 67.5 Å². The first-order valence-electron chi connectivity index (χ1n) is 9.46. The van der Waals surface area contributed by atoms with Crippen LogP contribution in [0.4, 0.5) is 4.39 Å². The fourth-order valence-electron chi connectivity index (χ4n) is 3.91. The molecular formula is C22H25FN2O. The third-order valence-corrected chi connectivity index (χ3v) is 5.48. The number of halogens is 1. The number of carbonyl (C=O) groups excluding carboxylic acids is 1. The quantitative estimate of drug-likeness (QED) is 0.781. The third kappa shape index (κ3) is 3.65. The lowest BCUT2D eigenvalue weighted by molar-refractivity contribution is -0.128. The van der Waals surface area contributed by atoms with E-state index in [1.165, 1.54) is 36.1 Å². The molecule has 1 atom stereocenters. The summed E-state index contributed by atoms with van der Waals surface area (Å²) in [6.07, 6.45) is 4.35. The maximum atomic E-state index is 13.0. The number of benzene rings is 2. The predicted molar refractivity (Wildman–Crippen MR) is 100 cm³/mol. The van der Waals surface area contributed by atoms with Gasteiger partial charge in [-0.2, -0.15) is 0 Å². The SMILES string of the molecule is CN1CC(=O)N(CCCc2ccc(F)cc2)C1c1ccc(C2CC2)cc1. The van der Waals surface area contributed by atoms with E-state index in [1.807, 2.05) is 24.1 Å². The minimum atomic E-state index is -0.209. The topological polar surface area (TPSA) is 23.6 Å². The Hall–Kier alpha value is -2.20. The van der Waals surface area contributed by atoms with Crippen molar-refractivity contribution in [3.63, 3.8) is 0 Å². The molecule has 1 saturated carbocycles. The molecule has 2 aromatic carbocycles. The van der Waals surface area contributed by atoms with Crippen LogP contribution in [-0.4, -0.2) is 35.8 Å². The number of amides is 1. The second kappa shape index (κ2) is 7.20. The molecule has 1 unspecified atom stereocenters. The molecule has 2 fully saturated rings. The molecule has 3 nitrogen and oxygen atoms in total. The molecule has 0 bridgehead atoms. The Morgan fingerprint density at radius 3 is 2.31 bits per heavy atom. The van der Waals surface area contributed by atoms with Crippen LogP contribution in [0, 0.1) is 5.82 Å². The number of likely N-dealkylation sites (N-methyl/N-ethyl adjacent to an activating group) is 1. The van der Waals surface area contributed by atoms with Crippen molar-refractivity contribution in [3.05, 3.63) is 71.0 Å². The number of rotatable bonds is 6. The summed E-state index contributed by atoms with van der Waals surface area (Å²) >= 11 is 0. The van der Waals surface area contributed by atoms with Gasteiger partial charge in [0.05, 0.1) is 6.54 Å². The largest absolute Gasteiger partial charge is 0.322 e. The van der Waals surface area contributed by atoms with Crippen LogP contribution in [0.1, 0.15) is 48.0 Å². The Kier molecular flexibility index (Phi) is 4.77. The summed E-state index contributed by atoms with van der Waals surface area (Å²) in [5, 5.41) is 0. The van der Waals surface area contributed by atoms with E-state index in [0.29, 0.717) is 6.54 Å². The van der Waals surface area contributed by atoms with Crippen molar-refractivity contribution >= 4 is 5.91 Å². The van der Waals surface area contributed by atoms with Crippen LogP contribution in [0.2, 0.25) is 0 Å². The van der Waals surface area contributed by atoms with Gasteiger partial charge in [0, 0.05) is 6.54 Å². The fraction of sp³-hybridized carbons (Fsp3) is 0.409. The highest BCUT2D eigenvalue weighted by Gasteiger charge is 2.36. The van der Waals surface area contributed by atoms with Gasteiger partial charge in [0.15, 0.2) is 0 Å². The second-order valence-electron chi connectivity index (χ2n) is 7.55. The average molecular weight is 352 g/mol. The normalized spacial score (nSPS) is 20.8. The molecule has 0 spiro atoms. The van der Waals surface area contributed by atoms with Gasteiger partial charge >= 0.3 is 0 Å². The Bertz CT molecular complexity index is 768. The van der Waals surface area contributed by atoms with Crippen LogP contribution >= 0.6 is 0 Å². The van der Waals surface area contributed by atoms with Gasteiger partial charge in [-0.25, -0.2) is 4.39 Å². The maximum Gasteiger partial charge on any atom is 0.238 e. The van der Waals surface area contributed by atoms with E-state index >= 15 is 0 Å². The first-order chi connectivity index (χ1) is 12.6. The maximum absolute atomic E-state index is 13.0. The zero-order chi connectivity index (χ0) is 18.1. The van der Waals surface area contributed by atoms with E-state index in [4.69, 9.17) is 0 Å². The van der Waals surface area contributed by atoms with E-state index in [2.05, 4.69) is 29.2 Å². The summed E-state index contributed by atoms with van der Waals surface area (Å²) in [6.45, 7) is 1.18. The van der Waals surface area contributed by atoms with Crippen molar-refractivity contribution in [2.24, 2.45) is 0 Å². The van der Waals surface area contributed by atoms with E-state index in [-0.39, 0.29) is 17.9 Å². The lowest BCUT2D eigenvalue weighted by Gasteiger charge is -2.28.